The maximum Gasteiger partial charge on any atom is 0.269 e. The van der Waals surface area contributed by atoms with Crippen molar-refractivity contribution in [3.63, 3.8) is 0 Å². The Morgan fingerprint density at radius 2 is 2.04 bits per heavy atom. The Labute approximate surface area is 159 Å². The molecule has 0 unspecified atom stereocenters. The molecule has 0 atom stereocenters. The number of nitrogens with zero attached hydrogens (tertiary/aromatic N) is 5. The lowest BCUT2D eigenvalue weighted by Crippen LogP contribution is -2.21. The molecule has 0 amide bonds. The maximum absolute atomic E-state index is 10.8. The summed E-state index contributed by atoms with van der Waals surface area (Å²) in [7, 11) is 0. The molecule has 0 aliphatic rings. The van der Waals surface area contributed by atoms with Crippen molar-refractivity contribution in [1.29, 1.82) is 0 Å². The van der Waals surface area contributed by atoms with Crippen molar-refractivity contribution >= 4 is 62.5 Å². The number of benzene rings is 1. The average molecular weight is 445 g/mol. The Balaban J connectivity index is 0.00000225. The third kappa shape index (κ3) is 3.95. The molecule has 9 nitrogen and oxygen atoms in total. The molecule has 3 aromatic rings. The summed E-state index contributed by atoms with van der Waals surface area (Å²) < 4.78 is 2.73. The number of nitro benzene ring substituents is 1. The summed E-state index contributed by atoms with van der Waals surface area (Å²) in [6.45, 7) is 0. The molecule has 0 fully saturated rings. The van der Waals surface area contributed by atoms with Crippen LogP contribution in [0.15, 0.2) is 44.5 Å². The van der Waals surface area contributed by atoms with E-state index >= 15 is 0 Å². The fourth-order valence-electron chi connectivity index (χ4n) is 2.06. The van der Waals surface area contributed by atoms with Crippen LogP contribution < -0.4 is 11.5 Å². The lowest BCUT2D eigenvalue weighted by molar-refractivity contribution is -0.384. The lowest BCUT2D eigenvalue weighted by atomic mass is 10.1. The van der Waals surface area contributed by atoms with E-state index < -0.39 is 4.92 Å². The number of hydrogen-bond acceptors (Lipinski definition) is 6. The topological polar surface area (TPSA) is 137 Å². The number of non-ortho nitro benzene ring substituents is 1. The highest BCUT2D eigenvalue weighted by molar-refractivity contribution is 9.11. The van der Waals surface area contributed by atoms with E-state index in [-0.39, 0.29) is 24.1 Å². The highest BCUT2D eigenvalue weighted by atomic mass is 79.9. The number of rotatable bonds is 4. The lowest BCUT2D eigenvalue weighted by Gasteiger charge is -1.99. The summed E-state index contributed by atoms with van der Waals surface area (Å²) in [5.41, 5.74) is 12.5. The summed E-state index contributed by atoms with van der Waals surface area (Å²) in [4.78, 5) is 15.6. The van der Waals surface area contributed by atoms with E-state index in [1.165, 1.54) is 29.7 Å². The average Bonchev–Trinajstić information content (AvgIpc) is 3.04. The van der Waals surface area contributed by atoms with Gasteiger partial charge in [0, 0.05) is 23.9 Å². The Bertz CT molecular complexity index is 976. The monoisotopic (exact) mass is 443 g/mol. The Hall–Kier alpha value is -2.50. The molecule has 0 aliphatic carbocycles. The highest BCUT2D eigenvalue weighted by Gasteiger charge is 2.16. The van der Waals surface area contributed by atoms with E-state index in [2.05, 4.69) is 31.1 Å². The molecule has 2 aromatic heterocycles. The molecule has 130 valence electrons. The molecule has 3 rings (SSSR count). The van der Waals surface area contributed by atoms with Gasteiger partial charge < -0.3 is 11.5 Å². The minimum Gasteiger partial charge on any atom is -0.369 e. The molecule has 0 spiro atoms. The SMILES string of the molecule is Cl.NC(N)=N/N=C\c1c(-c2ccc([N+](=O)[O-])cc2)nc2sc(Br)cn12. The molecule has 0 radical (unpaired) electrons. The fraction of sp³-hybridized carbons (Fsp3) is 0. The first-order chi connectivity index (χ1) is 11.5. The van der Waals surface area contributed by atoms with Crippen LogP contribution in [0.2, 0.25) is 0 Å². The standard InChI is InChI=1S/C13H10BrN7O2S.ClH/c14-10-6-20-9(5-17-19-12(15)16)11(18-13(20)24-10)7-1-3-8(4-2-7)21(22)23;/h1-6H,(H4,15,16,19);1H/b17-5-;. The van der Waals surface area contributed by atoms with Gasteiger partial charge in [-0.2, -0.15) is 5.10 Å². The predicted molar refractivity (Wildman–Crippen MR) is 104 cm³/mol. The number of fused-ring (bicyclic) bond motifs is 1. The van der Waals surface area contributed by atoms with Crippen LogP contribution in [0.1, 0.15) is 5.69 Å². The van der Waals surface area contributed by atoms with Crippen LogP contribution in [-0.4, -0.2) is 26.5 Å². The number of hydrogen-bond donors (Lipinski definition) is 2. The van der Waals surface area contributed by atoms with E-state index in [0.717, 1.165) is 14.3 Å². The number of thiazole rings is 1. The Morgan fingerprint density at radius 1 is 1.36 bits per heavy atom. The minimum atomic E-state index is -0.451. The van der Waals surface area contributed by atoms with Gasteiger partial charge in [-0.1, -0.05) is 11.3 Å². The van der Waals surface area contributed by atoms with Crippen molar-refractivity contribution < 1.29 is 4.92 Å². The summed E-state index contributed by atoms with van der Waals surface area (Å²) >= 11 is 4.85. The second-order valence-electron chi connectivity index (χ2n) is 4.61. The number of nitrogens with two attached hydrogens (primary N) is 2. The number of guanidine groups is 1. The van der Waals surface area contributed by atoms with Gasteiger partial charge in [0.1, 0.15) is 0 Å². The highest BCUT2D eigenvalue weighted by Crippen LogP contribution is 2.30. The first-order valence-corrected chi connectivity index (χ1v) is 8.11. The zero-order valence-corrected chi connectivity index (χ0v) is 15.6. The minimum absolute atomic E-state index is 0. The molecule has 0 saturated heterocycles. The summed E-state index contributed by atoms with van der Waals surface area (Å²) in [5, 5.41) is 18.2. The van der Waals surface area contributed by atoms with Crippen molar-refractivity contribution in [2.75, 3.05) is 0 Å². The van der Waals surface area contributed by atoms with Crippen molar-refractivity contribution in [1.82, 2.24) is 9.38 Å². The van der Waals surface area contributed by atoms with Crippen LogP contribution in [-0.2, 0) is 0 Å². The number of nitro groups is 1. The van der Waals surface area contributed by atoms with Crippen LogP contribution in [0.25, 0.3) is 16.2 Å². The first-order valence-electron chi connectivity index (χ1n) is 6.50. The fourth-order valence-corrected chi connectivity index (χ4v) is 3.42. The van der Waals surface area contributed by atoms with Crippen molar-refractivity contribution in [2.45, 2.75) is 0 Å². The van der Waals surface area contributed by atoms with Gasteiger partial charge in [-0.05, 0) is 28.1 Å². The number of aromatic nitrogens is 2. The second kappa shape index (κ2) is 7.59. The van der Waals surface area contributed by atoms with Gasteiger partial charge in [0.15, 0.2) is 4.96 Å². The molecule has 4 N–H and O–H groups in total. The van der Waals surface area contributed by atoms with Crippen LogP contribution in [0.5, 0.6) is 0 Å². The van der Waals surface area contributed by atoms with Gasteiger partial charge in [-0.3, -0.25) is 14.5 Å². The number of imidazole rings is 1. The zero-order chi connectivity index (χ0) is 17.3. The van der Waals surface area contributed by atoms with Crippen LogP contribution in [0, 0.1) is 10.1 Å². The van der Waals surface area contributed by atoms with Crippen molar-refractivity contribution in [3.8, 4) is 11.3 Å². The smallest absolute Gasteiger partial charge is 0.269 e. The van der Waals surface area contributed by atoms with Gasteiger partial charge in [-0.25, -0.2) is 4.98 Å². The van der Waals surface area contributed by atoms with E-state index in [9.17, 15) is 10.1 Å². The van der Waals surface area contributed by atoms with Gasteiger partial charge in [0.2, 0.25) is 5.96 Å². The van der Waals surface area contributed by atoms with E-state index in [4.69, 9.17) is 11.5 Å². The van der Waals surface area contributed by atoms with E-state index in [1.54, 1.807) is 12.1 Å². The molecule has 2 heterocycles. The molecule has 1 aromatic carbocycles. The predicted octanol–water partition coefficient (Wildman–Crippen LogP) is 2.76. The van der Waals surface area contributed by atoms with Crippen molar-refractivity contribution in [2.24, 2.45) is 21.7 Å². The van der Waals surface area contributed by atoms with E-state index in [1.807, 2.05) is 10.6 Å². The first kappa shape index (κ1) is 18.8. The molecule has 0 saturated carbocycles. The summed E-state index contributed by atoms with van der Waals surface area (Å²) in [6, 6.07) is 6.13. The third-order valence-corrected chi connectivity index (χ3v) is 4.50. The molecule has 12 heteroatoms. The molecule has 25 heavy (non-hydrogen) atoms. The van der Waals surface area contributed by atoms with Crippen molar-refractivity contribution in [3.05, 3.63) is 50.1 Å². The van der Waals surface area contributed by atoms with Crippen LogP contribution in [0.4, 0.5) is 5.69 Å². The van der Waals surface area contributed by atoms with Crippen LogP contribution >= 0.6 is 39.7 Å². The van der Waals surface area contributed by atoms with Gasteiger partial charge in [-0.15, -0.1) is 17.5 Å². The van der Waals surface area contributed by atoms with Gasteiger partial charge in [0.25, 0.3) is 5.69 Å². The van der Waals surface area contributed by atoms with Crippen LogP contribution in [0.3, 0.4) is 0 Å². The number of halogens is 2. The molecule has 0 aliphatic heterocycles. The Kier molecular flexibility index (Phi) is 5.72. The van der Waals surface area contributed by atoms with Gasteiger partial charge in [0.05, 0.1) is 26.3 Å². The Morgan fingerprint density at radius 3 is 2.64 bits per heavy atom. The quantitative estimate of drug-likeness (QED) is 0.276. The largest absolute Gasteiger partial charge is 0.369 e. The summed E-state index contributed by atoms with van der Waals surface area (Å²) in [5.74, 6) is -0.157. The molecular weight excluding hydrogens is 434 g/mol. The van der Waals surface area contributed by atoms with Gasteiger partial charge >= 0.3 is 0 Å². The normalized spacial score (nSPS) is 10.8. The second-order valence-corrected chi connectivity index (χ2v) is 7.00. The molecule has 0 bridgehead atoms. The third-order valence-electron chi connectivity index (χ3n) is 3.04. The zero-order valence-electron chi connectivity index (χ0n) is 12.4. The maximum atomic E-state index is 10.8. The van der Waals surface area contributed by atoms with E-state index in [0.29, 0.717) is 11.4 Å². The molecular formula is C13H11BrClN7O2S. The summed E-state index contributed by atoms with van der Waals surface area (Å²) in [6.07, 6.45) is 3.33.